The van der Waals surface area contributed by atoms with Crippen LogP contribution in [0.3, 0.4) is 0 Å². The molecule has 26 heavy (non-hydrogen) atoms. The van der Waals surface area contributed by atoms with E-state index in [4.69, 9.17) is 0 Å². The molecule has 1 aromatic carbocycles. The Morgan fingerprint density at radius 3 is 2.54 bits per heavy atom. The minimum atomic E-state index is 0.314. The van der Waals surface area contributed by atoms with Crippen molar-refractivity contribution < 1.29 is 9.69 Å². The van der Waals surface area contributed by atoms with Crippen molar-refractivity contribution in [1.29, 1.82) is 0 Å². The van der Waals surface area contributed by atoms with Crippen molar-refractivity contribution in [1.82, 2.24) is 9.47 Å². The molecule has 2 atom stereocenters. The lowest BCUT2D eigenvalue weighted by Crippen LogP contribution is -3.11. The Morgan fingerprint density at radius 1 is 1.08 bits per heavy atom. The monoisotopic (exact) mass is 353 g/mol. The van der Waals surface area contributed by atoms with Crippen molar-refractivity contribution in [3.63, 3.8) is 0 Å². The zero-order valence-corrected chi connectivity index (χ0v) is 15.6. The summed E-state index contributed by atoms with van der Waals surface area (Å²) in [7, 11) is 2.11. The number of benzene rings is 1. The molecule has 1 aromatic heterocycles. The van der Waals surface area contributed by atoms with Gasteiger partial charge < -0.3 is 19.3 Å². The number of hydrogen-bond acceptors (Lipinski definition) is 2. The molecule has 1 unspecified atom stereocenters. The summed E-state index contributed by atoms with van der Waals surface area (Å²) in [4.78, 5) is 18.7. The number of hydrogen-bond donors (Lipinski definition) is 1. The summed E-state index contributed by atoms with van der Waals surface area (Å²) in [5.41, 5.74) is 2.62. The van der Waals surface area contributed by atoms with E-state index in [0.29, 0.717) is 18.5 Å². The first kappa shape index (κ1) is 17.2. The number of nitrogens with zero attached hydrogens (tertiary/aromatic N) is 3. The Balaban J connectivity index is 1.33. The highest BCUT2D eigenvalue weighted by Gasteiger charge is 2.34. The Labute approximate surface area is 155 Å². The summed E-state index contributed by atoms with van der Waals surface area (Å²) in [6.07, 6.45) is 4.50. The molecule has 2 aliphatic rings. The van der Waals surface area contributed by atoms with E-state index >= 15 is 0 Å². The maximum Gasteiger partial charge on any atom is 0.277 e. The van der Waals surface area contributed by atoms with Gasteiger partial charge in [-0.25, -0.2) is 0 Å². The van der Waals surface area contributed by atoms with Gasteiger partial charge in [-0.05, 0) is 24.3 Å². The maximum atomic E-state index is 12.9. The quantitative estimate of drug-likeness (QED) is 0.893. The summed E-state index contributed by atoms with van der Waals surface area (Å²) >= 11 is 0. The van der Waals surface area contributed by atoms with E-state index < -0.39 is 0 Å². The van der Waals surface area contributed by atoms with Crippen LogP contribution in [0.5, 0.6) is 0 Å². The van der Waals surface area contributed by atoms with Crippen molar-refractivity contribution in [3.8, 4) is 0 Å². The first-order chi connectivity index (χ1) is 12.7. The fourth-order valence-electron chi connectivity index (χ4n) is 4.48. The molecule has 1 N–H and O–H groups in total. The highest BCUT2D eigenvalue weighted by Crippen LogP contribution is 2.19. The van der Waals surface area contributed by atoms with E-state index in [9.17, 15) is 4.79 Å². The first-order valence-electron chi connectivity index (χ1n) is 9.76. The van der Waals surface area contributed by atoms with Crippen molar-refractivity contribution in [2.75, 3.05) is 44.2 Å². The van der Waals surface area contributed by atoms with Crippen molar-refractivity contribution in [3.05, 3.63) is 54.4 Å². The van der Waals surface area contributed by atoms with E-state index in [0.717, 1.165) is 32.7 Å². The molecule has 1 amide bonds. The number of aryl methyl sites for hydroxylation is 1. The van der Waals surface area contributed by atoms with E-state index in [2.05, 4.69) is 64.0 Å². The number of likely N-dealkylation sites (tertiary alicyclic amines) is 1. The van der Waals surface area contributed by atoms with Gasteiger partial charge in [0.2, 0.25) is 0 Å². The first-order valence-corrected chi connectivity index (χ1v) is 9.76. The minimum Gasteiger partial charge on any atom is -0.368 e. The van der Waals surface area contributed by atoms with Crippen LogP contribution in [-0.4, -0.2) is 54.6 Å². The number of amides is 1. The van der Waals surface area contributed by atoms with Gasteiger partial charge in [-0.2, -0.15) is 0 Å². The average molecular weight is 353 g/mol. The Kier molecular flexibility index (Phi) is 4.98. The Hall–Kier alpha value is -2.27. The molecule has 0 spiro atoms. The van der Waals surface area contributed by atoms with Crippen LogP contribution in [0.1, 0.15) is 24.6 Å². The molecule has 4 rings (SSSR count). The largest absolute Gasteiger partial charge is 0.368 e. The number of carbonyl (C=O) groups excluding carboxylic acids is 1. The third kappa shape index (κ3) is 3.49. The van der Waals surface area contributed by atoms with Gasteiger partial charge in [-0.1, -0.05) is 18.2 Å². The lowest BCUT2D eigenvalue weighted by molar-refractivity contribution is -0.911. The molecular formula is C21H29N4O+. The maximum absolute atomic E-state index is 12.9. The second-order valence-electron chi connectivity index (χ2n) is 7.53. The standard InChI is InChI=1S/C21H28N4O/c1-22-11-5-9-19(22)20-10-6-12-25(20)17-21(26)24-15-13-23(14-16-24)18-7-3-2-4-8-18/h2-5,7-9,11,20H,6,10,12-17H2,1H3/p+1/t20-/m1/s1. The SMILES string of the molecule is Cn1cccc1[C@H]1CCC[NH+]1CC(=O)N1CCN(c2ccccc2)CC1. The van der Waals surface area contributed by atoms with Crippen LogP contribution < -0.4 is 9.80 Å². The van der Waals surface area contributed by atoms with E-state index in [-0.39, 0.29) is 0 Å². The fraction of sp³-hybridized carbons (Fsp3) is 0.476. The second kappa shape index (κ2) is 7.54. The van der Waals surface area contributed by atoms with Gasteiger partial charge in [0, 0.05) is 58.0 Å². The smallest absolute Gasteiger partial charge is 0.277 e. The molecule has 2 fully saturated rings. The van der Waals surface area contributed by atoms with Crippen molar-refractivity contribution >= 4 is 11.6 Å². The third-order valence-electron chi connectivity index (χ3n) is 5.96. The van der Waals surface area contributed by atoms with Crippen LogP contribution in [0.15, 0.2) is 48.7 Å². The number of quaternary nitrogens is 1. The molecule has 2 aromatic rings. The summed E-state index contributed by atoms with van der Waals surface area (Å²) in [5, 5.41) is 0. The summed E-state index contributed by atoms with van der Waals surface area (Å²) in [6.45, 7) is 5.23. The lowest BCUT2D eigenvalue weighted by atomic mass is 10.1. The van der Waals surface area contributed by atoms with Crippen LogP contribution in [-0.2, 0) is 11.8 Å². The van der Waals surface area contributed by atoms with Gasteiger partial charge in [0.05, 0.1) is 12.2 Å². The van der Waals surface area contributed by atoms with Gasteiger partial charge in [-0.3, -0.25) is 4.79 Å². The number of para-hydroxylation sites is 1. The van der Waals surface area contributed by atoms with Gasteiger partial charge in [-0.15, -0.1) is 0 Å². The molecule has 2 aliphatic heterocycles. The van der Waals surface area contributed by atoms with Crippen LogP contribution >= 0.6 is 0 Å². The van der Waals surface area contributed by atoms with E-state index in [1.165, 1.54) is 29.1 Å². The van der Waals surface area contributed by atoms with Crippen LogP contribution in [0.4, 0.5) is 5.69 Å². The van der Waals surface area contributed by atoms with Gasteiger partial charge in [0.15, 0.2) is 6.54 Å². The molecule has 0 bridgehead atoms. The summed E-state index contributed by atoms with van der Waals surface area (Å²) in [5.74, 6) is 0.314. The van der Waals surface area contributed by atoms with Crippen molar-refractivity contribution in [2.24, 2.45) is 7.05 Å². The second-order valence-corrected chi connectivity index (χ2v) is 7.53. The molecule has 3 heterocycles. The molecule has 5 nitrogen and oxygen atoms in total. The van der Waals surface area contributed by atoms with Crippen LogP contribution in [0.25, 0.3) is 0 Å². The average Bonchev–Trinajstić information content (AvgIpc) is 3.31. The minimum absolute atomic E-state index is 0.314. The molecule has 2 saturated heterocycles. The normalized spacial score (nSPS) is 23.4. The molecule has 0 radical (unpaired) electrons. The molecular weight excluding hydrogens is 324 g/mol. The van der Waals surface area contributed by atoms with Crippen LogP contribution in [0, 0.1) is 0 Å². The predicted octanol–water partition coefficient (Wildman–Crippen LogP) is 1.09. The summed E-state index contributed by atoms with van der Waals surface area (Å²) < 4.78 is 2.21. The Morgan fingerprint density at radius 2 is 1.85 bits per heavy atom. The highest BCUT2D eigenvalue weighted by atomic mass is 16.2. The topological polar surface area (TPSA) is 32.9 Å². The van der Waals surface area contributed by atoms with Gasteiger partial charge in [0.1, 0.15) is 6.04 Å². The third-order valence-corrected chi connectivity index (χ3v) is 5.96. The number of rotatable bonds is 4. The summed E-state index contributed by atoms with van der Waals surface area (Å²) in [6, 6.07) is 15.3. The van der Waals surface area contributed by atoms with Gasteiger partial charge in [0.25, 0.3) is 5.91 Å². The van der Waals surface area contributed by atoms with E-state index in [1.54, 1.807) is 0 Å². The number of carbonyl (C=O) groups is 1. The predicted molar refractivity (Wildman–Crippen MR) is 103 cm³/mol. The number of aromatic nitrogens is 1. The van der Waals surface area contributed by atoms with Crippen LogP contribution in [0.2, 0.25) is 0 Å². The van der Waals surface area contributed by atoms with Gasteiger partial charge >= 0.3 is 0 Å². The van der Waals surface area contributed by atoms with Crippen molar-refractivity contribution in [2.45, 2.75) is 18.9 Å². The number of nitrogens with one attached hydrogen (secondary N) is 1. The molecule has 0 aliphatic carbocycles. The lowest BCUT2D eigenvalue weighted by Gasteiger charge is -2.36. The number of piperazine rings is 1. The molecule has 0 saturated carbocycles. The zero-order chi connectivity index (χ0) is 17.9. The zero-order valence-electron chi connectivity index (χ0n) is 15.6. The highest BCUT2D eigenvalue weighted by molar-refractivity contribution is 5.77. The number of anilines is 1. The Bertz CT molecular complexity index is 733. The van der Waals surface area contributed by atoms with E-state index in [1.807, 2.05) is 6.07 Å². The molecule has 5 heteroatoms. The molecule has 138 valence electrons. The fourth-order valence-corrected chi connectivity index (χ4v) is 4.48.